The van der Waals surface area contributed by atoms with Crippen LogP contribution in [0.3, 0.4) is 0 Å². The average Bonchev–Trinajstić information content (AvgIpc) is 3.41. The first-order valence-electron chi connectivity index (χ1n) is 10.8. The summed E-state index contributed by atoms with van der Waals surface area (Å²) in [7, 11) is 0. The van der Waals surface area contributed by atoms with Gasteiger partial charge in [-0.3, -0.25) is 4.79 Å². The molecule has 34 heavy (non-hydrogen) atoms. The highest BCUT2D eigenvalue weighted by Crippen LogP contribution is 2.24. The van der Waals surface area contributed by atoms with Gasteiger partial charge in [0.1, 0.15) is 0 Å². The van der Waals surface area contributed by atoms with Crippen molar-refractivity contribution < 1.29 is 19.1 Å². The van der Waals surface area contributed by atoms with E-state index in [4.69, 9.17) is 9.47 Å². The zero-order chi connectivity index (χ0) is 24.1. The number of carbonyl (C=O) groups is 2. The fraction of sp³-hybridized carbons (Fsp3) is 0.200. The fourth-order valence-electron chi connectivity index (χ4n) is 3.48. The van der Waals surface area contributed by atoms with Gasteiger partial charge in [0.05, 0.1) is 41.3 Å². The highest BCUT2D eigenvalue weighted by molar-refractivity contribution is 5.94. The summed E-state index contributed by atoms with van der Waals surface area (Å²) in [5.41, 5.74) is 3.73. The molecule has 0 atom stereocenters. The molecule has 0 bridgehead atoms. The number of aromatic nitrogens is 4. The number of hydrogen-bond acceptors (Lipinski definition) is 6. The Bertz CT molecular complexity index is 1300. The predicted octanol–water partition coefficient (Wildman–Crippen LogP) is 3.87. The number of anilines is 1. The lowest BCUT2D eigenvalue weighted by Crippen LogP contribution is -2.21. The predicted molar refractivity (Wildman–Crippen MR) is 127 cm³/mol. The molecule has 0 spiro atoms. The molecule has 174 valence electrons. The van der Waals surface area contributed by atoms with Gasteiger partial charge in [0.25, 0.3) is 5.91 Å². The van der Waals surface area contributed by atoms with E-state index in [1.54, 1.807) is 17.8 Å². The van der Waals surface area contributed by atoms with Gasteiger partial charge in [0.15, 0.2) is 12.4 Å². The number of para-hydroxylation sites is 2. The summed E-state index contributed by atoms with van der Waals surface area (Å²) in [6.07, 6.45) is 1.55. The maximum Gasteiger partial charge on any atom is 0.362 e. The normalized spacial score (nSPS) is 10.7. The molecule has 2 aromatic carbocycles. The standard InChI is InChI=1S/C25H25N5O4/c1-4-33-25(32)24-21(15-29(28-24)19-11-7-5-8-12-19)34-16-22(31)26-23-17(2)27-30(18(23)3)20-13-9-6-10-14-20/h5-15H,4,16H2,1-3H3,(H,26,31). The largest absolute Gasteiger partial charge is 0.480 e. The summed E-state index contributed by atoms with van der Waals surface area (Å²) in [6.45, 7) is 5.29. The number of amides is 1. The van der Waals surface area contributed by atoms with E-state index in [2.05, 4.69) is 15.5 Å². The molecule has 4 rings (SSSR count). The van der Waals surface area contributed by atoms with Crippen LogP contribution in [-0.2, 0) is 9.53 Å². The summed E-state index contributed by atoms with van der Waals surface area (Å²) in [4.78, 5) is 25.1. The first-order chi connectivity index (χ1) is 16.5. The second kappa shape index (κ2) is 10.0. The van der Waals surface area contributed by atoms with E-state index < -0.39 is 5.97 Å². The Morgan fingerprint density at radius 2 is 1.59 bits per heavy atom. The molecule has 0 aliphatic carbocycles. The Morgan fingerprint density at radius 1 is 0.941 bits per heavy atom. The van der Waals surface area contributed by atoms with Gasteiger partial charge in [-0.15, -0.1) is 0 Å². The van der Waals surface area contributed by atoms with Gasteiger partial charge in [-0.05, 0) is 45.0 Å². The van der Waals surface area contributed by atoms with Crippen LogP contribution >= 0.6 is 0 Å². The second-order valence-corrected chi connectivity index (χ2v) is 7.47. The van der Waals surface area contributed by atoms with Crippen molar-refractivity contribution in [1.82, 2.24) is 19.6 Å². The molecule has 1 amide bonds. The topological polar surface area (TPSA) is 100 Å². The van der Waals surface area contributed by atoms with E-state index in [9.17, 15) is 9.59 Å². The van der Waals surface area contributed by atoms with Crippen LogP contribution in [0.2, 0.25) is 0 Å². The van der Waals surface area contributed by atoms with Crippen LogP contribution in [0.4, 0.5) is 5.69 Å². The van der Waals surface area contributed by atoms with Crippen LogP contribution in [0.25, 0.3) is 11.4 Å². The van der Waals surface area contributed by atoms with Crippen LogP contribution in [0.15, 0.2) is 66.9 Å². The molecule has 0 fully saturated rings. The quantitative estimate of drug-likeness (QED) is 0.402. The van der Waals surface area contributed by atoms with Gasteiger partial charge in [-0.2, -0.15) is 10.2 Å². The van der Waals surface area contributed by atoms with E-state index >= 15 is 0 Å². The molecular formula is C25H25N5O4. The molecule has 0 unspecified atom stereocenters. The minimum atomic E-state index is -0.622. The number of rotatable bonds is 8. The zero-order valence-electron chi connectivity index (χ0n) is 19.2. The van der Waals surface area contributed by atoms with Gasteiger partial charge in [-0.25, -0.2) is 14.2 Å². The maximum absolute atomic E-state index is 12.7. The Hall–Kier alpha value is -4.40. The molecule has 4 aromatic rings. The third kappa shape index (κ3) is 4.83. The van der Waals surface area contributed by atoms with Crippen molar-refractivity contribution in [2.24, 2.45) is 0 Å². The summed E-state index contributed by atoms with van der Waals surface area (Å²) in [5.74, 6) is -0.852. The highest BCUT2D eigenvalue weighted by Gasteiger charge is 2.22. The first-order valence-corrected chi connectivity index (χ1v) is 10.8. The number of esters is 1. The summed E-state index contributed by atoms with van der Waals surface area (Å²) in [6, 6.07) is 18.9. The van der Waals surface area contributed by atoms with E-state index in [1.165, 1.54) is 4.68 Å². The Morgan fingerprint density at radius 3 is 2.24 bits per heavy atom. The molecule has 0 radical (unpaired) electrons. The summed E-state index contributed by atoms with van der Waals surface area (Å²) >= 11 is 0. The Balaban J connectivity index is 1.50. The number of carbonyl (C=O) groups excluding carboxylic acids is 2. The van der Waals surface area contributed by atoms with E-state index in [0.717, 1.165) is 17.1 Å². The lowest BCUT2D eigenvalue weighted by atomic mass is 10.3. The maximum atomic E-state index is 12.7. The van der Waals surface area contributed by atoms with E-state index in [1.807, 2.05) is 74.5 Å². The molecule has 2 aromatic heterocycles. The number of hydrogen-bond donors (Lipinski definition) is 1. The monoisotopic (exact) mass is 459 g/mol. The van der Waals surface area contributed by atoms with Crippen molar-refractivity contribution in [1.29, 1.82) is 0 Å². The SMILES string of the molecule is CCOC(=O)c1nn(-c2ccccc2)cc1OCC(=O)Nc1c(C)nn(-c2ccccc2)c1C. The van der Waals surface area contributed by atoms with Crippen LogP contribution in [0.5, 0.6) is 5.75 Å². The van der Waals surface area contributed by atoms with Crippen molar-refractivity contribution in [3.63, 3.8) is 0 Å². The van der Waals surface area contributed by atoms with Crippen LogP contribution in [0, 0.1) is 13.8 Å². The number of ether oxygens (including phenoxy) is 2. The Labute approximate surface area is 196 Å². The molecule has 0 saturated carbocycles. The molecule has 2 heterocycles. The smallest absolute Gasteiger partial charge is 0.362 e. The van der Waals surface area contributed by atoms with Crippen molar-refractivity contribution >= 4 is 17.6 Å². The molecule has 9 heteroatoms. The van der Waals surface area contributed by atoms with Gasteiger partial charge < -0.3 is 14.8 Å². The third-order valence-electron chi connectivity index (χ3n) is 5.09. The second-order valence-electron chi connectivity index (χ2n) is 7.47. The van der Waals surface area contributed by atoms with Crippen LogP contribution in [-0.4, -0.2) is 44.7 Å². The van der Waals surface area contributed by atoms with Gasteiger partial charge in [0, 0.05) is 0 Å². The Kier molecular flexibility index (Phi) is 6.72. The molecule has 0 saturated heterocycles. The summed E-state index contributed by atoms with van der Waals surface area (Å²) in [5, 5.41) is 11.7. The number of benzene rings is 2. The lowest BCUT2D eigenvalue weighted by molar-refractivity contribution is -0.118. The molecule has 1 N–H and O–H groups in total. The third-order valence-corrected chi connectivity index (χ3v) is 5.09. The zero-order valence-corrected chi connectivity index (χ0v) is 19.2. The molecule has 9 nitrogen and oxygen atoms in total. The fourth-order valence-corrected chi connectivity index (χ4v) is 3.48. The lowest BCUT2D eigenvalue weighted by Gasteiger charge is -2.08. The van der Waals surface area contributed by atoms with Gasteiger partial charge >= 0.3 is 5.97 Å². The van der Waals surface area contributed by atoms with Crippen molar-refractivity contribution in [3.05, 3.63) is 83.9 Å². The van der Waals surface area contributed by atoms with Gasteiger partial charge in [-0.1, -0.05) is 36.4 Å². The minimum Gasteiger partial charge on any atom is -0.480 e. The number of aryl methyl sites for hydroxylation is 1. The summed E-state index contributed by atoms with van der Waals surface area (Å²) < 4.78 is 14.1. The molecule has 0 aliphatic heterocycles. The first kappa shape index (κ1) is 22.8. The van der Waals surface area contributed by atoms with Crippen molar-refractivity contribution in [2.45, 2.75) is 20.8 Å². The number of nitrogens with zero attached hydrogens (tertiary/aromatic N) is 4. The average molecular weight is 460 g/mol. The van der Waals surface area contributed by atoms with Crippen LogP contribution < -0.4 is 10.1 Å². The van der Waals surface area contributed by atoms with E-state index in [0.29, 0.717) is 11.4 Å². The molecule has 0 aliphatic rings. The molecular weight excluding hydrogens is 434 g/mol. The van der Waals surface area contributed by atoms with Gasteiger partial charge in [0.2, 0.25) is 5.69 Å². The number of nitrogens with one attached hydrogen (secondary N) is 1. The minimum absolute atomic E-state index is 0.00256. The van der Waals surface area contributed by atoms with E-state index in [-0.39, 0.29) is 30.6 Å². The van der Waals surface area contributed by atoms with Crippen LogP contribution in [0.1, 0.15) is 28.8 Å². The van der Waals surface area contributed by atoms with Crippen molar-refractivity contribution in [3.8, 4) is 17.1 Å². The van der Waals surface area contributed by atoms with Crippen molar-refractivity contribution in [2.75, 3.05) is 18.5 Å². The highest BCUT2D eigenvalue weighted by atomic mass is 16.5.